The van der Waals surface area contributed by atoms with E-state index in [2.05, 4.69) is 23.3 Å². The Morgan fingerprint density at radius 3 is 2.28 bits per heavy atom. The largest absolute Gasteiger partial charge is 0.325 e. The van der Waals surface area contributed by atoms with Gasteiger partial charge in [-0.3, -0.25) is 14.4 Å². The average molecular weight is 448 g/mol. The number of thiol groups is 1. The van der Waals surface area contributed by atoms with Crippen molar-refractivity contribution in [2.24, 2.45) is 5.73 Å². The molecule has 2 amide bonds. The normalized spacial score (nSPS) is 11.5. The lowest BCUT2D eigenvalue weighted by atomic mass is 10.0. The third kappa shape index (κ3) is 6.06. The van der Waals surface area contributed by atoms with E-state index in [4.69, 9.17) is 5.73 Å². The van der Waals surface area contributed by atoms with Crippen molar-refractivity contribution in [2.75, 3.05) is 16.4 Å². The first-order valence-corrected chi connectivity index (χ1v) is 10.8. The molecular formula is C25H25N3O3S. The first-order valence-electron chi connectivity index (χ1n) is 10.1. The highest BCUT2D eigenvalue weighted by Gasteiger charge is 2.18. The summed E-state index contributed by atoms with van der Waals surface area (Å²) < 4.78 is 0. The van der Waals surface area contributed by atoms with Crippen molar-refractivity contribution in [1.29, 1.82) is 0 Å². The van der Waals surface area contributed by atoms with Crippen molar-refractivity contribution in [3.05, 3.63) is 95.1 Å². The van der Waals surface area contributed by atoms with E-state index in [1.54, 1.807) is 42.5 Å². The van der Waals surface area contributed by atoms with Crippen molar-refractivity contribution in [1.82, 2.24) is 0 Å². The minimum atomic E-state index is -0.777. The lowest BCUT2D eigenvalue weighted by molar-refractivity contribution is -0.117. The maximum absolute atomic E-state index is 13.2. The molecule has 0 saturated heterocycles. The van der Waals surface area contributed by atoms with Crippen molar-refractivity contribution in [3.8, 4) is 0 Å². The number of benzene rings is 3. The number of nitrogens with two attached hydrogens (primary N) is 1. The number of amides is 2. The van der Waals surface area contributed by atoms with E-state index in [-0.39, 0.29) is 29.4 Å². The Morgan fingerprint density at radius 1 is 0.938 bits per heavy atom. The Labute approximate surface area is 192 Å². The van der Waals surface area contributed by atoms with Crippen LogP contribution in [0, 0.1) is 6.92 Å². The van der Waals surface area contributed by atoms with Gasteiger partial charge < -0.3 is 16.4 Å². The highest BCUT2D eigenvalue weighted by molar-refractivity contribution is 7.80. The van der Waals surface area contributed by atoms with Crippen LogP contribution >= 0.6 is 12.6 Å². The van der Waals surface area contributed by atoms with Gasteiger partial charge in [0, 0.05) is 22.6 Å². The molecule has 0 unspecified atom stereocenters. The van der Waals surface area contributed by atoms with Gasteiger partial charge in [0.05, 0.1) is 18.2 Å². The van der Waals surface area contributed by atoms with Crippen LogP contribution in [0.5, 0.6) is 0 Å². The number of rotatable bonds is 8. The first kappa shape index (κ1) is 23.2. The summed E-state index contributed by atoms with van der Waals surface area (Å²) in [5.74, 6) is -0.737. The summed E-state index contributed by atoms with van der Waals surface area (Å²) >= 11 is 4.03. The first-order chi connectivity index (χ1) is 15.4. The number of hydrogen-bond acceptors (Lipinski definition) is 5. The summed E-state index contributed by atoms with van der Waals surface area (Å²) in [7, 11) is 0. The van der Waals surface area contributed by atoms with Gasteiger partial charge in [0.15, 0.2) is 5.78 Å². The fraction of sp³-hybridized carbons (Fsp3) is 0.160. The van der Waals surface area contributed by atoms with Gasteiger partial charge in [-0.15, -0.1) is 0 Å². The molecule has 164 valence electrons. The highest BCUT2D eigenvalue weighted by Crippen LogP contribution is 2.24. The smallest absolute Gasteiger partial charge is 0.242 e. The topological polar surface area (TPSA) is 101 Å². The standard InChI is InChI=1S/C25H25N3O3S/c1-16-7-9-17(10-8-16)13-23(29)28-22-12-11-19(27-25(31)21(26)15-32)14-20(22)24(30)18-5-3-2-4-6-18/h2-12,14,21,32H,13,15,26H2,1H3,(H,27,31)(H,28,29)/t21-/m0/s1. The molecule has 0 fully saturated rings. The summed E-state index contributed by atoms with van der Waals surface area (Å²) in [5.41, 5.74) is 9.21. The number of ketones is 1. The van der Waals surface area contributed by atoms with Crippen LogP contribution in [0.2, 0.25) is 0 Å². The molecular weight excluding hydrogens is 422 g/mol. The second kappa shape index (κ2) is 10.7. The Hall–Kier alpha value is -3.42. The number of hydrogen-bond donors (Lipinski definition) is 4. The summed E-state index contributed by atoms with van der Waals surface area (Å²) in [4.78, 5) is 38.0. The predicted octanol–water partition coefficient (Wildman–Crippen LogP) is 3.60. The Kier molecular flexibility index (Phi) is 7.81. The van der Waals surface area contributed by atoms with Crippen LogP contribution in [0.1, 0.15) is 27.0 Å². The Balaban J connectivity index is 1.88. The maximum atomic E-state index is 13.2. The van der Waals surface area contributed by atoms with E-state index in [1.165, 1.54) is 0 Å². The molecule has 32 heavy (non-hydrogen) atoms. The molecule has 0 spiro atoms. The molecule has 0 radical (unpaired) electrons. The number of carbonyl (C=O) groups excluding carboxylic acids is 3. The van der Waals surface area contributed by atoms with Crippen LogP contribution in [-0.4, -0.2) is 29.4 Å². The molecule has 0 aliphatic carbocycles. The fourth-order valence-corrected chi connectivity index (χ4v) is 3.23. The van der Waals surface area contributed by atoms with Crippen LogP contribution in [0.15, 0.2) is 72.8 Å². The SMILES string of the molecule is Cc1ccc(CC(=O)Nc2ccc(NC(=O)[C@@H](N)CS)cc2C(=O)c2ccccc2)cc1. The van der Waals surface area contributed by atoms with Gasteiger partial charge in [0.25, 0.3) is 0 Å². The lowest BCUT2D eigenvalue weighted by Crippen LogP contribution is -2.37. The molecule has 0 aliphatic heterocycles. The van der Waals surface area contributed by atoms with Crippen molar-refractivity contribution in [2.45, 2.75) is 19.4 Å². The third-order valence-electron chi connectivity index (χ3n) is 4.86. The second-order valence-corrected chi connectivity index (χ2v) is 7.81. The van der Waals surface area contributed by atoms with Crippen LogP contribution in [-0.2, 0) is 16.0 Å². The molecule has 6 nitrogen and oxygen atoms in total. The zero-order valence-corrected chi connectivity index (χ0v) is 18.6. The van der Waals surface area contributed by atoms with E-state index < -0.39 is 11.9 Å². The molecule has 3 rings (SSSR count). The second-order valence-electron chi connectivity index (χ2n) is 7.44. The van der Waals surface area contributed by atoms with Gasteiger partial charge in [-0.1, -0.05) is 60.2 Å². The Morgan fingerprint density at radius 2 is 1.62 bits per heavy atom. The number of carbonyl (C=O) groups is 3. The van der Waals surface area contributed by atoms with Crippen LogP contribution in [0.3, 0.4) is 0 Å². The molecule has 0 saturated carbocycles. The summed E-state index contributed by atoms with van der Waals surface area (Å²) in [6.45, 7) is 1.98. The van der Waals surface area contributed by atoms with Crippen molar-refractivity contribution < 1.29 is 14.4 Å². The van der Waals surface area contributed by atoms with Gasteiger partial charge in [0.1, 0.15) is 0 Å². The minimum absolute atomic E-state index is 0.175. The molecule has 7 heteroatoms. The summed E-state index contributed by atoms with van der Waals surface area (Å²) in [6.07, 6.45) is 0.175. The van der Waals surface area contributed by atoms with Crippen LogP contribution < -0.4 is 16.4 Å². The average Bonchev–Trinajstić information content (AvgIpc) is 2.81. The predicted molar refractivity (Wildman–Crippen MR) is 130 cm³/mol. The lowest BCUT2D eigenvalue weighted by Gasteiger charge is -2.15. The molecule has 0 heterocycles. The number of anilines is 2. The molecule has 0 bridgehead atoms. The zero-order valence-electron chi connectivity index (χ0n) is 17.7. The van der Waals surface area contributed by atoms with Crippen LogP contribution in [0.4, 0.5) is 11.4 Å². The molecule has 3 aromatic rings. The molecule has 1 atom stereocenters. The third-order valence-corrected chi connectivity index (χ3v) is 5.25. The molecule has 4 N–H and O–H groups in total. The van der Waals surface area contributed by atoms with E-state index >= 15 is 0 Å². The monoisotopic (exact) mass is 447 g/mol. The maximum Gasteiger partial charge on any atom is 0.242 e. The number of nitrogens with one attached hydrogen (secondary N) is 2. The van der Waals surface area contributed by atoms with Gasteiger partial charge >= 0.3 is 0 Å². The van der Waals surface area contributed by atoms with Gasteiger partial charge in [-0.2, -0.15) is 12.6 Å². The highest BCUT2D eigenvalue weighted by atomic mass is 32.1. The molecule has 0 aliphatic rings. The molecule has 3 aromatic carbocycles. The van der Waals surface area contributed by atoms with Crippen LogP contribution in [0.25, 0.3) is 0 Å². The van der Waals surface area contributed by atoms with Crippen molar-refractivity contribution >= 4 is 41.6 Å². The van der Waals surface area contributed by atoms with Gasteiger partial charge in [-0.25, -0.2) is 0 Å². The minimum Gasteiger partial charge on any atom is -0.325 e. The number of aryl methyl sites for hydroxylation is 1. The summed E-state index contributed by atoms with van der Waals surface area (Å²) in [5, 5.41) is 5.52. The van der Waals surface area contributed by atoms with E-state index in [1.807, 2.05) is 37.3 Å². The van der Waals surface area contributed by atoms with E-state index in [9.17, 15) is 14.4 Å². The quantitative estimate of drug-likeness (QED) is 0.313. The summed E-state index contributed by atoms with van der Waals surface area (Å²) in [6, 6.07) is 20.4. The van der Waals surface area contributed by atoms with Gasteiger partial charge in [-0.05, 0) is 30.7 Å². The van der Waals surface area contributed by atoms with Crippen molar-refractivity contribution in [3.63, 3.8) is 0 Å². The molecule has 0 aromatic heterocycles. The fourth-order valence-electron chi connectivity index (χ4n) is 3.07. The van der Waals surface area contributed by atoms with E-state index in [0.717, 1.165) is 11.1 Å². The van der Waals surface area contributed by atoms with E-state index in [0.29, 0.717) is 16.9 Å². The van der Waals surface area contributed by atoms with Gasteiger partial charge in [0.2, 0.25) is 11.8 Å². The zero-order chi connectivity index (χ0) is 23.1. The Bertz CT molecular complexity index is 1120.